The van der Waals surface area contributed by atoms with Gasteiger partial charge in [-0.2, -0.15) is 0 Å². The van der Waals surface area contributed by atoms with Gasteiger partial charge in [-0.15, -0.1) is 12.4 Å². The first-order chi connectivity index (χ1) is 12.8. The number of nitrogens with zero attached hydrogens (tertiary/aromatic N) is 3. The SMILES string of the molecule is Cc1nc(N2CCCCC2)c2[nH]c(-c3ccc4c(c3)OCCO4)cc2n1.Cl. The minimum absolute atomic E-state index is 0. The Bertz CT molecular complexity index is 966. The smallest absolute Gasteiger partial charge is 0.162 e. The van der Waals surface area contributed by atoms with Crippen molar-refractivity contribution in [3.05, 3.63) is 30.1 Å². The highest BCUT2D eigenvalue weighted by molar-refractivity contribution is 5.91. The number of aromatic amines is 1. The Morgan fingerprint density at radius 3 is 2.56 bits per heavy atom. The second-order valence-corrected chi connectivity index (χ2v) is 6.94. The Kier molecular flexibility index (Phi) is 4.83. The third-order valence-corrected chi connectivity index (χ3v) is 5.08. The molecule has 1 saturated heterocycles. The van der Waals surface area contributed by atoms with E-state index in [2.05, 4.69) is 27.0 Å². The van der Waals surface area contributed by atoms with Crippen LogP contribution in [0.4, 0.5) is 5.82 Å². The van der Waals surface area contributed by atoms with Crippen LogP contribution in [-0.4, -0.2) is 41.3 Å². The van der Waals surface area contributed by atoms with Gasteiger partial charge in [0.05, 0.1) is 5.52 Å². The average Bonchev–Trinajstić information content (AvgIpc) is 3.11. The maximum atomic E-state index is 5.72. The van der Waals surface area contributed by atoms with Crippen LogP contribution in [0.2, 0.25) is 0 Å². The second kappa shape index (κ2) is 7.27. The van der Waals surface area contributed by atoms with Crippen molar-refractivity contribution in [1.82, 2.24) is 15.0 Å². The number of ether oxygens (including phenoxy) is 2. The van der Waals surface area contributed by atoms with Crippen molar-refractivity contribution < 1.29 is 9.47 Å². The normalized spacial score (nSPS) is 16.3. The molecule has 0 bridgehead atoms. The minimum Gasteiger partial charge on any atom is -0.486 e. The molecule has 2 aliphatic rings. The topological polar surface area (TPSA) is 63.3 Å². The summed E-state index contributed by atoms with van der Waals surface area (Å²) in [5.74, 6) is 3.44. The van der Waals surface area contributed by atoms with Crippen molar-refractivity contribution >= 4 is 29.3 Å². The lowest BCUT2D eigenvalue weighted by Crippen LogP contribution is -2.30. The molecule has 0 spiro atoms. The number of benzene rings is 1. The van der Waals surface area contributed by atoms with Crippen LogP contribution >= 0.6 is 12.4 Å². The fraction of sp³-hybridized carbons (Fsp3) is 0.400. The number of hydrogen-bond donors (Lipinski definition) is 1. The van der Waals surface area contributed by atoms with E-state index >= 15 is 0 Å². The number of halogens is 1. The molecular formula is C20H23ClN4O2. The monoisotopic (exact) mass is 386 g/mol. The molecular weight excluding hydrogens is 364 g/mol. The highest BCUT2D eigenvalue weighted by Crippen LogP contribution is 2.36. The lowest BCUT2D eigenvalue weighted by Gasteiger charge is -2.28. The first kappa shape index (κ1) is 17.9. The third-order valence-electron chi connectivity index (χ3n) is 5.08. The zero-order valence-corrected chi connectivity index (χ0v) is 16.1. The summed E-state index contributed by atoms with van der Waals surface area (Å²) in [6.07, 6.45) is 3.75. The van der Waals surface area contributed by atoms with Gasteiger partial charge in [0, 0.05) is 24.3 Å². The number of hydrogen-bond acceptors (Lipinski definition) is 5. The van der Waals surface area contributed by atoms with E-state index in [1.54, 1.807) is 0 Å². The summed E-state index contributed by atoms with van der Waals surface area (Å²) in [6, 6.07) is 8.15. The van der Waals surface area contributed by atoms with E-state index in [-0.39, 0.29) is 12.4 Å². The molecule has 3 aromatic rings. The number of rotatable bonds is 2. The van der Waals surface area contributed by atoms with Crippen LogP contribution in [0.1, 0.15) is 25.1 Å². The summed E-state index contributed by atoms with van der Waals surface area (Å²) in [5, 5.41) is 0. The van der Waals surface area contributed by atoms with E-state index < -0.39 is 0 Å². The predicted molar refractivity (Wildman–Crippen MR) is 108 cm³/mol. The molecule has 7 heteroatoms. The predicted octanol–water partition coefficient (Wildman–Crippen LogP) is 4.12. The first-order valence-corrected chi connectivity index (χ1v) is 9.30. The largest absolute Gasteiger partial charge is 0.486 e. The maximum absolute atomic E-state index is 5.72. The molecule has 1 fully saturated rings. The van der Waals surface area contributed by atoms with Gasteiger partial charge in [-0.3, -0.25) is 0 Å². The van der Waals surface area contributed by atoms with E-state index in [1.807, 2.05) is 19.1 Å². The number of aromatic nitrogens is 3. The highest BCUT2D eigenvalue weighted by Gasteiger charge is 2.19. The van der Waals surface area contributed by atoms with Crippen LogP contribution < -0.4 is 14.4 Å². The average molecular weight is 387 g/mol. The van der Waals surface area contributed by atoms with Crippen LogP contribution in [0.5, 0.6) is 11.5 Å². The molecule has 0 radical (unpaired) electrons. The summed E-state index contributed by atoms with van der Waals surface area (Å²) in [5.41, 5.74) is 4.06. The van der Waals surface area contributed by atoms with E-state index in [0.717, 1.165) is 58.5 Å². The van der Waals surface area contributed by atoms with Gasteiger partial charge >= 0.3 is 0 Å². The van der Waals surface area contributed by atoms with Crippen LogP contribution in [-0.2, 0) is 0 Å². The van der Waals surface area contributed by atoms with E-state index in [9.17, 15) is 0 Å². The Balaban J connectivity index is 0.00000180. The number of anilines is 1. The highest BCUT2D eigenvalue weighted by atomic mass is 35.5. The van der Waals surface area contributed by atoms with E-state index in [0.29, 0.717) is 13.2 Å². The molecule has 0 aliphatic carbocycles. The van der Waals surface area contributed by atoms with Gasteiger partial charge in [-0.1, -0.05) is 0 Å². The number of aryl methyl sites for hydroxylation is 1. The molecule has 4 heterocycles. The van der Waals surface area contributed by atoms with Crippen molar-refractivity contribution in [3.8, 4) is 22.8 Å². The first-order valence-electron chi connectivity index (χ1n) is 9.30. The van der Waals surface area contributed by atoms with Gasteiger partial charge in [0.2, 0.25) is 0 Å². The van der Waals surface area contributed by atoms with E-state index in [4.69, 9.17) is 14.5 Å². The van der Waals surface area contributed by atoms with E-state index in [1.165, 1.54) is 19.3 Å². The molecule has 0 atom stereocenters. The lowest BCUT2D eigenvalue weighted by atomic mass is 10.1. The molecule has 142 valence electrons. The molecule has 0 saturated carbocycles. The summed E-state index contributed by atoms with van der Waals surface area (Å²) in [4.78, 5) is 15.3. The van der Waals surface area contributed by atoms with Gasteiger partial charge < -0.3 is 19.4 Å². The van der Waals surface area contributed by atoms with Crippen LogP contribution in [0.15, 0.2) is 24.3 Å². The quantitative estimate of drug-likeness (QED) is 0.717. The summed E-state index contributed by atoms with van der Waals surface area (Å²) in [6.45, 7) is 5.28. The fourth-order valence-corrected chi connectivity index (χ4v) is 3.81. The van der Waals surface area contributed by atoms with Crippen molar-refractivity contribution in [2.24, 2.45) is 0 Å². The Morgan fingerprint density at radius 1 is 0.963 bits per heavy atom. The van der Waals surface area contributed by atoms with Gasteiger partial charge in [0.1, 0.15) is 24.6 Å². The van der Waals surface area contributed by atoms with Gasteiger partial charge in [0.15, 0.2) is 17.3 Å². The summed E-state index contributed by atoms with van der Waals surface area (Å²) < 4.78 is 11.3. The van der Waals surface area contributed by atoms with Crippen molar-refractivity contribution in [3.63, 3.8) is 0 Å². The van der Waals surface area contributed by atoms with Gasteiger partial charge in [-0.25, -0.2) is 9.97 Å². The number of fused-ring (bicyclic) bond motifs is 2. The van der Waals surface area contributed by atoms with Crippen LogP contribution in [0.3, 0.4) is 0 Å². The second-order valence-electron chi connectivity index (χ2n) is 6.94. The molecule has 27 heavy (non-hydrogen) atoms. The number of nitrogens with one attached hydrogen (secondary N) is 1. The Hall–Kier alpha value is -2.47. The van der Waals surface area contributed by atoms with Crippen molar-refractivity contribution in [2.75, 3.05) is 31.2 Å². The van der Waals surface area contributed by atoms with Crippen LogP contribution in [0.25, 0.3) is 22.3 Å². The molecule has 2 aromatic heterocycles. The fourth-order valence-electron chi connectivity index (χ4n) is 3.81. The van der Waals surface area contributed by atoms with Gasteiger partial charge in [0.25, 0.3) is 0 Å². The Morgan fingerprint density at radius 2 is 1.74 bits per heavy atom. The zero-order chi connectivity index (χ0) is 17.5. The molecule has 0 unspecified atom stereocenters. The van der Waals surface area contributed by atoms with Crippen LogP contribution in [0, 0.1) is 6.92 Å². The van der Waals surface area contributed by atoms with Gasteiger partial charge in [-0.05, 0) is 50.5 Å². The molecule has 1 aromatic carbocycles. The molecule has 5 rings (SSSR count). The number of H-pyrrole nitrogens is 1. The maximum Gasteiger partial charge on any atom is 0.162 e. The Labute approximate surface area is 164 Å². The zero-order valence-electron chi connectivity index (χ0n) is 15.3. The summed E-state index contributed by atoms with van der Waals surface area (Å²) >= 11 is 0. The standard InChI is InChI=1S/C20H22N4O2.ClH/c1-13-21-16-12-15(14-5-6-17-18(11-14)26-10-9-25-17)23-19(16)20(22-13)24-7-3-2-4-8-24;/h5-6,11-12,23H,2-4,7-10H2,1H3;1H. The third kappa shape index (κ3) is 3.30. The minimum atomic E-state index is 0. The molecule has 2 aliphatic heterocycles. The molecule has 1 N–H and O–H groups in total. The van der Waals surface area contributed by atoms with Crippen molar-refractivity contribution in [1.29, 1.82) is 0 Å². The lowest BCUT2D eigenvalue weighted by molar-refractivity contribution is 0.171. The molecule has 0 amide bonds. The summed E-state index contributed by atoms with van der Waals surface area (Å²) in [7, 11) is 0. The number of piperidine rings is 1. The van der Waals surface area contributed by atoms with Crippen molar-refractivity contribution in [2.45, 2.75) is 26.2 Å². The molecule has 6 nitrogen and oxygen atoms in total.